The number of hydrogen-bond acceptors (Lipinski definition) is 6. The number of aryl methyl sites for hydroxylation is 1. The first-order valence-corrected chi connectivity index (χ1v) is 9.29. The minimum absolute atomic E-state index is 0.199. The topological polar surface area (TPSA) is 85.6 Å². The van der Waals surface area contributed by atoms with Gasteiger partial charge in [-0.3, -0.25) is 10.1 Å². The summed E-state index contributed by atoms with van der Waals surface area (Å²) in [4.78, 5) is 13.1. The van der Waals surface area contributed by atoms with E-state index in [0.717, 1.165) is 11.1 Å². The molecule has 7 heteroatoms. The summed E-state index contributed by atoms with van der Waals surface area (Å²) < 4.78 is 15.9. The van der Waals surface area contributed by atoms with Crippen LogP contribution in [-0.2, 0) is 4.79 Å². The van der Waals surface area contributed by atoms with Crippen LogP contribution >= 0.6 is 0 Å². The zero-order chi connectivity index (χ0) is 20.8. The number of carbonyl (C=O) groups excluding carboxylic acids is 1. The van der Waals surface area contributed by atoms with Gasteiger partial charge in [-0.1, -0.05) is 35.5 Å². The number of amides is 1. The first-order chi connectivity index (χ1) is 14.0. The molecular formula is C22H25N3O4. The number of aromatic nitrogens is 1. The molecule has 1 heterocycles. The Labute approximate surface area is 170 Å². The van der Waals surface area contributed by atoms with Gasteiger partial charge in [0.05, 0.1) is 14.2 Å². The van der Waals surface area contributed by atoms with E-state index >= 15 is 0 Å². The first kappa shape index (κ1) is 20.4. The second kappa shape index (κ2) is 9.25. The van der Waals surface area contributed by atoms with Gasteiger partial charge in [0.2, 0.25) is 5.91 Å². The quantitative estimate of drug-likeness (QED) is 0.599. The van der Waals surface area contributed by atoms with Crippen molar-refractivity contribution in [1.29, 1.82) is 0 Å². The molecule has 3 rings (SSSR count). The number of anilines is 1. The van der Waals surface area contributed by atoms with Crippen LogP contribution < -0.4 is 20.1 Å². The average Bonchev–Trinajstić information content (AvgIpc) is 3.16. The number of benzene rings is 2. The van der Waals surface area contributed by atoms with E-state index in [0.29, 0.717) is 23.1 Å². The van der Waals surface area contributed by atoms with E-state index in [1.54, 1.807) is 27.2 Å². The summed E-state index contributed by atoms with van der Waals surface area (Å²) in [6.07, 6.45) is 0. The number of nitrogens with one attached hydrogen (secondary N) is 2. The molecule has 152 valence electrons. The standard InChI is InChI=1S/C22H25N3O4/c1-14-12-20(25-29-14)24-22(26)21(16-8-6-5-7-9-16)23-15(2)18-13-17(27-3)10-11-19(18)28-4/h5-13,15,21,23H,1-4H3,(H,24,25,26). The maximum atomic E-state index is 13.1. The Morgan fingerprint density at radius 1 is 1.07 bits per heavy atom. The second-order valence-electron chi connectivity index (χ2n) is 6.65. The van der Waals surface area contributed by atoms with Crippen molar-refractivity contribution in [1.82, 2.24) is 10.5 Å². The molecule has 29 heavy (non-hydrogen) atoms. The monoisotopic (exact) mass is 395 g/mol. The molecular weight excluding hydrogens is 370 g/mol. The van der Waals surface area contributed by atoms with Crippen LogP contribution in [-0.4, -0.2) is 25.3 Å². The Kier molecular flexibility index (Phi) is 6.51. The van der Waals surface area contributed by atoms with E-state index in [1.165, 1.54) is 0 Å². The molecule has 0 aliphatic heterocycles. The Balaban J connectivity index is 1.88. The van der Waals surface area contributed by atoms with Crippen molar-refractivity contribution in [2.24, 2.45) is 0 Å². The smallest absolute Gasteiger partial charge is 0.247 e. The van der Waals surface area contributed by atoms with Gasteiger partial charge in [-0.05, 0) is 37.6 Å². The van der Waals surface area contributed by atoms with E-state index < -0.39 is 6.04 Å². The lowest BCUT2D eigenvalue weighted by Crippen LogP contribution is -2.35. The Bertz CT molecular complexity index is 956. The van der Waals surface area contributed by atoms with E-state index in [2.05, 4.69) is 15.8 Å². The molecule has 0 spiro atoms. The van der Waals surface area contributed by atoms with Crippen LogP contribution in [0.3, 0.4) is 0 Å². The van der Waals surface area contributed by atoms with Crippen molar-refractivity contribution >= 4 is 11.7 Å². The third kappa shape index (κ3) is 4.94. The summed E-state index contributed by atoms with van der Waals surface area (Å²) in [7, 11) is 3.23. The minimum Gasteiger partial charge on any atom is -0.497 e. The summed E-state index contributed by atoms with van der Waals surface area (Å²) in [6.45, 7) is 3.74. The normalized spacial score (nSPS) is 12.8. The van der Waals surface area contributed by atoms with E-state index in [4.69, 9.17) is 14.0 Å². The fourth-order valence-corrected chi connectivity index (χ4v) is 3.11. The molecule has 7 nitrogen and oxygen atoms in total. The van der Waals surface area contributed by atoms with Crippen LogP contribution in [0.15, 0.2) is 59.1 Å². The average molecular weight is 395 g/mol. The SMILES string of the molecule is COc1ccc(OC)c(C(C)NC(C(=O)Nc2cc(C)on2)c2ccccc2)c1. The molecule has 2 aromatic carbocycles. The molecule has 1 amide bonds. The minimum atomic E-state index is -0.612. The summed E-state index contributed by atoms with van der Waals surface area (Å²) in [5.74, 6) is 2.19. The zero-order valence-electron chi connectivity index (χ0n) is 16.9. The van der Waals surface area contributed by atoms with Crippen molar-refractivity contribution in [3.63, 3.8) is 0 Å². The molecule has 0 saturated carbocycles. The molecule has 2 N–H and O–H groups in total. The van der Waals surface area contributed by atoms with Crippen LogP contribution in [0, 0.1) is 6.92 Å². The lowest BCUT2D eigenvalue weighted by molar-refractivity contribution is -0.118. The van der Waals surface area contributed by atoms with Crippen LogP contribution in [0.2, 0.25) is 0 Å². The third-order valence-electron chi connectivity index (χ3n) is 4.59. The van der Waals surface area contributed by atoms with Gasteiger partial charge >= 0.3 is 0 Å². The fourth-order valence-electron chi connectivity index (χ4n) is 3.11. The molecule has 0 bridgehead atoms. The molecule has 0 radical (unpaired) electrons. The predicted octanol–water partition coefficient (Wildman–Crippen LogP) is 4.03. The molecule has 2 unspecified atom stereocenters. The maximum Gasteiger partial charge on any atom is 0.247 e. The molecule has 1 aromatic heterocycles. The van der Waals surface area contributed by atoms with Crippen LogP contribution in [0.5, 0.6) is 11.5 Å². The highest BCUT2D eigenvalue weighted by atomic mass is 16.5. The number of ether oxygens (including phenoxy) is 2. The van der Waals surface area contributed by atoms with Crippen LogP contribution in [0.1, 0.15) is 35.9 Å². The molecule has 0 aliphatic rings. The number of nitrogens with zero attached hydrogens (tertiary/aromatic N) is 1. The van der Waals surface area contributed by atoms with Gasteiger partial charge in [-0.2, -0.15) is 0 Å². The van der Waals surface area contributed by atoms with Gasteiger partial charge in [0.15, 0.2) is 5.82 Å². The first-order valence-electron chi connectivity index (χ1n) is 9.29. The lowest BCUT2D eigenvalue weighted by Gasteiger charge is -2.24. The Morgan fingerprint density at radius 2 is 1.83 bits per heavy atom. The Hall–Kier alpha value is -3.32. The van der Waals surface area contributed by atoms with Crippen LogP contribution in [0.4, 0.5) is 5.82 Å². The van der Waals surface area contributed by atoms with Crippen molar-refractivity contribution in [3.05, 3.63) is 71.5 Å². The van der Waals surface area contributed by atoms with E-state index in [-0.39, 0.29) is 11.9 Å². The fraction of sp³-hybridized carbons (Fsp3) is 0.273. The molecule has 2 atom stereocenters. The molecule has 0 aliphatic carbocycles. The molecule has 3 aromatic rings. The summed E-state index contributed by atoms with van der Waals surface area (Å²) in [5.41, 5.74) is 1.72. The molecule has 0 fully saturated rings. The summed E-state index contributed by atoms with van der Waals surface area (Å²) in [5, 5.41) is 10.1. The second-order valence-corrected chi connectivity index (χ2v) is 6.65. The van der Waals surface area contributed by atoms with Crippen molar-refractivity contribution in [3.8, 4) is 11.5 Å². The van der Waals surface area contributed by atoms with Gasteiger partial charge < -0.3 is 19.3 Å². The van der Waals surface area contributed by atoms with Gasteiger partial charge in [-0.25, -0.2) is 0 Å². The van der Waals surface area contributed by atoms with Crippen LogP contribution in [0.25, 0.3) is 0 Å². The lowest BCUT2D eigenvalue weighted by atomic mass is 10.0. The number of rotatable bonds is 8. The number of hydrogen-bond donors (Lipinski definition) is 2. The maximum absolute atomic E-state index is 13.1. The highest BCUT2D eigenvalue weighted by Gasteiger charge is 2.25. The van der Waals surface area contributed by atoms with Gasteiger partial charge in [0.25, 0.3) is 0 Å². The Morgan fingerprint density at radius 3 is 2.45 bits per heavy atom. The highest BCUT2D eigenvalue weighted by molar-refractivity contribution is 5.94. The van der Waals surface area contributed by atoms with E-state index in [1.807, 2.05) is 55.5 Å². The van der Waals surface area contributed by atoms with Gasteiger partial charge in [-0.15, -0.1) is 0 Å². The number of carbonyl (C=O) groups is 1. The van der Waals surface area contributed by atoms with Crippen molar-refractivity contribution < 1.29 is 18.8 Å². The van der Waals surface area contributed by atoms with Gasteiger partial charge in [0, 0.05) is 17.7 Å². The predicted molar refractivity (Wildman–Crippen MR) is 110 cm³/mol. The van der Waals surface area contributed by atoms with Crippen molar-refractivity contribution in [2.75, 3.05) is 19.5 Å². The zero-order valence-corrected chi connectivity index (χ0v) is 16.9. The third-order valence-corrected chi connectivity index (χ3v) is 4.59. The summed E-state index contributed by atoms with van der Waals surface area (Å²) in [6, 6.07) is 16.0. The van der Waals surface area contributed by atoms with Crippen molar-refractivity contribution in [2.45, 2.75) is 25.9 Å². The number of methoxy groups -OCH3 is 2. The highest BCUT2D eigenvalue weighted by Crippen LogP contribution is 2.31. The van der Waals surface area contributed by atoms with E-state index in [9.17, 15) is 4.79 Å². The molecule has 0 saturated heterocycles. The van der Waals surface area contributed by atoms with Gasteiger partial charge in [0.1, 0.15) is 23.3 Å². The summed E-state index contributed by atoms with van der Waals surface area (Å²) >= 11 is 0. The largest absolute Gasteiger partial charge is 0.497 e.